The van der Waals surface area contributed by atoms with E-state index in [1.807, 2.05) is 0 Å². The van der Waals surface area contributed by atoms with Gasteiger partial charge in [0.15, 0.2) is 0 Å². The van der Waals surface area contributed by atoms with Gasteiger partial charge in [0.2, 0.25) is 0 Å². The summed E-state index contributed by atoms with van der Waals surface area (Å²) in [5.41, 5.74) is 6.10. The van der Waals surface area contributed by atoms with Crippen LogP contribution in [0.15, 0.2) is 0 Å². The van der Waals surface area contributed by atoms with Crippen LogP contribution in [0.3, 0.4) is 0 Å². The molecule has 2 N–H and O–H groups in total. The first-order valence-corrected chi connectivity index (χ1v) is 6.48. The van der Waals surface area contributed by atoms with Crippen LogP contribution in [0.25, 0.3) is 0 Å². The average molecular weight is 223 g/mol. The summed E-state index contributed by atoms with van der Waals surface area (Å²) in [6.45, 7) is 0.667. The first-order valence-electron chi connectivity index (χ1n) is 6.48. The van der Waals surface area contributed by atoms with Crippen LogP contribution in [-0.4, -0.2) is 19.6 Å². The molecule has 0 aliphatic heterocycles. The van der Waals surface area contributed by atoms with E-state index < -0.39 is 0 Å². The number of hydrogen-bond donors (Lipinski definition) is 1. The molecule has 0 aromatic carbocycles. The first-order chi connectivity index (χ1) is 7.71. The van der Waals surface area contributed by atoms with Crippen molar-refractivity contribution in [3.05, 3.63) is 0 Å². The molecule has 3 aliphatic carbocycles. The molecule has 0 heterocycles. The lowest BCUT2D eigenvalue weighted by Crippen LogP contribution is -2.59. The summed E-state index contributed by atoms with van der Waals surface area (Å²) < 4.78 is 4.84. The smallest absolute Gasteiger partial charge is 0.306 e. The maximum absolute atomic E-state index is 11.6. The average Bonchev–Trinajstić information content (AvgIpc) is 2.49. The molecular weight excluding hydrogens is 202 g/mol. The minimum absolute atomic E-state index is 0.0701. The molecule has 3 nitrogen and oxygen atoms in total. The van der Waals surface area contributed by atoms with Crippen molar-refractivity contribution in [2.45, 2.75) is 32.1 Å². The molecule has 0 amide bonds. The number of fused-ring (bicyclic) bond motifs is 1. The quantitative estimate of drug-likeness (QED) is 0.739. The van der Waals surface area contributed by atoms with Crippen molar-refractivity contribution in [2.75, 3.05) is 13.7 Å². The molecule has 2 bridgehead atoms. The van der Waals surface area contributed by atoms with E-state index >= 15 is 0 Å². The molecule has 3 heteroatoms. The second-order valence-corrected chi connectivity index (χ2v) is 5.98. The Labute approximate surface area is 96.7 Å². The van der Waals surface area contributed by atoms with E-state index in [-0.39, 0.29) is 11.4 Å². The van der Waals surface area contributed by atoms with Gasteiger partial charge in [-0.05, 0) is 54.9 Å². The molecule has 4 unspecified atom stereocenters. The van der Waals surface area contributed by atoms with Gasteiger partial charge in [-0.2, -0.15) is 0 Å². The van der Waals surface area contributed by atoms with Crippen molar-refractivity contribution in [3.8, 4) is 0 Å². The lowest BCUT2D eigenvalue weighted by atomic mass is 9.45. The first kappa shape index (κ1) is 10.6. The molecular formula is C13H21NO2. The summed E-state index contributed by atoms with van der Waals surface area (Å²) in [5.74, 6) is 3.16. The summed E-state index contributed by atoms with van der Waals surface area (Å²) >= 11 is 0. The van der Waals surface area contributed by atoms with Crippen molar-refractivity contribution in [2.24, 2.45) is 34.8 Å². The Hall–Kier alpha value is -0.570. The highest BCUT2D eigenvalue weighted by Crippen LogP contribution is 2.70. The highest BCUT2D eigenvalue weighted by molar-refractivity contribution is 5.70. The van der Waals surface area contributed by atoms with Gasteiger partial charge in [0.1, 0.15) is 0 Å². The fourth-order valence-electron chi connectivity index (χ4n) is 5.00. The van der Waals surface area contributed by atoms with E-state index in [2.05, 4.69) is 0 Å². The van der Waals surface area contributed by atoms with E-state index in [9.17, 15) is 4.79 Å². The highest BCUT2D eigenvalue weighted by atomic mass is 16.5. The van der Waals surface area contributed by atoms with Crippen LogP contribution in [0.1, 0.15) is 32.1 Å². The van der Waals surface area contributed by atoms with E-state index in [0.717, 1.165) is 11.8 Å². The predicted octanol–water partition coefficient (Wildman–Crippen LogP) is 1.56. The third-order valence-corrected chi connectivity index (χ3v) is 5.67. The van der Waals surface area contributed by atoms with Gasteiger partial charge < -0.3 is 10.5 Å². The number of ether oxygens (including phenoxy) is 1. The molecule has 0 spiro atoms. The van der Waals surface area contributed by atoms with Gasteiger partial charge in [-0.1, -0.05) is 6.42 Å². The van der Waals surface area contributed by atoms with Crippen LogP contribution >= 0.6 is 0 Å². The predicted molar refractivity (Wildman–Crippen MR) is 60.5 cm³/mol. The normalized spacial score (nSPS) is 48.6. The van der Waals surface area contributed by atoms with E-state index in [4.69, 9.17) is 10.5 Å². The molecule has 16 heavy (non-hydrogen) atoms. The molecule has 90 valence electrons. The van der Waals surface area contributed by atoms with Gasteiger partial charge in [0, 0.05) is 0 Å². The third-order valence-electron chi connectivity index (χ3n) is 5.67. The topological polar surface area (TPSA) is 52.3 Å². The van der Waals surface area contributed by atoms with Gasteiger partial charge in [0.25, 0.3) is 0 Å². The number of esters is 1. The molecule has 0 radical (unpaired) electrons. The monoisotopic (exact) mass is 223 g/mol. The van der Waals surface area contributed by atoms with Crippen LogP contribution in [0.5, 0.6) is 0 Å². The van der Waals surface area contributed by atoms with Crippen molar-refractivity contribution in [1.82, 2.24) is 0 Å². The highest BCUT2D eigenvalue weighted by Gasteiger charge is 2.65. The zero-order chi connectivity index (χ0) is 11.3. The number of carbonyl (C=O) groups is 1. The van der Waals surface area contributed by atoms with Gasteiger partial charge in [-0.3, -0.25) is 4.79 Å². The second kappa shape index (κ2) is 3.46. The van der Waals surface area contributed by atoms with E-state index in [1.54, 1.807) is 0 Å². The maximum atomic E-state index is 11.6. The fraction of sp³-hybridized carbons (Fsp3) is 0.923. The summed E-state index contributed by atoms with van der Waals surface area (Å²) in [7, 11) is 1.48. The Morgan fingerprint density at radius 3 is 2.88 bits per heavy atom. The van der Waals surface area contributed by atoms with Crippen LogP contribution < -0.4 is 5.73 Å². The second-order valence-electron chi connectivity index (χ2n) is 5.98. The van der Waals surface area contributed by atoms with Gasteiger partial charge in [-0.15, -0.1) is 0 Å². The Morgan fingerprint density at radius 2 is 2.19 bits per heavy atom. The number of carbonyl (C=O) groups excluding carboxylic acids is 1. The Balaban J connectivity index is 1.83. The Kier molecular flexibility index (Phi) is 2.29. The summed E-state index contributed by atoms with van der Waals surface area (Å²) in [6, 6.07) is 0. The molecule has 0 aromatic rings. The van der Waals surface area contributed by atoms with Crippen LogP contribution in [0.2, 0.25) is 0 Å². The summed E-state index contributed by atoms with van der Waals surface area (Å²) in [4.78, 5) is 11.6. The zero-order valence-electron chi connectivity index (χ0n) is 9.95. The maximum Gasteiger partial charge on any atom is 0.306 e. The van der Waals surface area contributed by atoms with Crippen molar-refractivity contribution in [1.29, 1.82) is 0 Å². The largest absolute Gasteiger partial charge is 0.469 e. The van der Waals surface area contributed by atoms with Gasteiger partial charge in [-0.25, -0.2) is 0 Å². The number of methoxy groups -OCH3 is 1. The molecule has 3 fully saturated rings. The molecule has 5 atom stereocenters. The molecule has 0 aromatic heterocycles. The lowest BCUT2D eigenvalue weighted by molar-refractivity contribution is -0.159. The summed E-state index contributed by atoms with van der Waals surface area (Å²) in [5, 5.41) is 0. The van der Waals surface area contributed by atoms with Crippen LogP contribution in [0, 0.1) is 29.1 Å². The minimum Gasteiger partial charge on any atom is -0.469 e. The van der Waals surface area contributed by atoms with Crippen LogP contribution in [0.4, 0.5) is 0 Å². The molecule has 0 saturated heterocycles. The van der Waals surface area contributed by atoms with E-state index in [1.165, 1.54) is 32.8 Å². The SMILES string of the molecule is COC(=O)C[C@]1(CN)C2CCC3CC2C1C3. The molecule has 3 aliphatic rings. The number of nitrogens with two attached hydrogens (primary N) is 1. The summed E-state index contributed by atoms with van der Waals surface area (Å²) in [6.07, 6.45) is 5.92. The molecule has 3 rings (SSSR count). The zero-order valence-corrected chi connectivity index (χ0v) is 9.95. The Bertz CT molecular complexity index is 309. The third kappa shape index (κ3) is 1.15. The van der Waals surface area contributed by atoms with Crippen molar-refractivity contribution < 1.29 is 9.53 Å². The number of hydrogen-bond acceptors (Lipinski definition) is 3. The standard InChI is InChI=1S/C13H21NO2/c1-16-12(15)6-13(7-14)10-3-2-8-4-9(10)11(13)5-8/h8-11H,2-7,14H2,1H3/t8?,9?,10?,11?,13-/m0/s1. The Morgan fingerprint density at radius 1 is 1.38 bits per heavy atom. The lowest BCUT2D eigenvalue weighted by Gasteiger charge is -2.59. The van der Waals surface area contributed by atoms with Crippen LogP contribution in [-0.2, 0) is 9.53 Å². The number of rotatable bonds is 3. The van der Waals surface area contributed by atoms with Gasteiger partial charge in [0.05, 0.1) is 13.5 Å². The van der Waals surface area contributed by atoms with E-state index in [0.29, 0.717) is 24.8 Å². The van der Waals surface area contributed by atoms with Crippen molar-refractivity contribution >= 4 is 5.97 Å². The fourth-order valence-corrected chi connectivity index (χ4v) is 5.00. The van der Waals surface area contributed by atoms with Gasteiger partial charge >= 0.3 is 5.97 Å². The minimum atomic E-state index is -0.0701. The molecule has 3 saturated carbocycles. The van der Waals surface area contributed by atoms with Crippen molar-refractivity contribution in [3.63, 3.8) is 0 Å².